The lowest BCUT2D eigenvalue weighted by Crippen LogP contribution is -2.22. The number of benzene rings is 2. The number of pyridine rings is 1. The number of imidazole rings is 1. The third kappa shape index (κ3) is 4.55. The average Bonchev–Trinajstić information content (AvgIpc) is 3.52. The number of hydrogen-bond acceptors (Lipinski definition) is 5. The normalized spacial score (nSPS) is 11.0. The minimum atomic E-state index is -0.0951. The van der Waals surface area contributed by atoms with Crippen LogP contribution in [0.5, 0.6) is 0 Å². The van der Waals surface area contributed by atoms with Gasteiger partial charge in [-0.25, -0.2) is 14.6 Å². The SMILES string of the molecule is O=C(NCc1ccc(-n2cncn2)cc1)c1ccc(SCc2cn3ccccc3n2)cc1. The highest BCUT2D eigenvalue weighted by atomic mass is 32.2. The van der Waals surface area contributed by atoms with Crippen molar-refractivity contribution >= 4 is 23.3 Å². The molecule has 0 unspecified atom stereocenters. The number of hydrogen-bond donors (Lipinski definition) is 1. The summed E-state index contributed by atoms with van der Waals surface area (Å²) in [7, 11) is 0. The molecule has 0 saturated carbocycles. The van der Waals surface area contributed by atoms with E-state index in [2.05, 4.69) is 20.4 Å². The van der Waals surface area contributed by atoms with Crippen molar-refractivity contribution in [1.82, 2.24) is 29.5 Å². The van der Waals surface area contributed by atoms with Crippen LogP contribution in [0.3, 0.4) is 0 Å². The van der Waals surface area contributed by atoms with Gasteiger partial charge in [0.05, 0.1) is 11.4 Å². The molecule has 7 nitrogen and oxygen atoms in total. The second-order valence-electron chi connectivity index (χ2n) is 7.20. The van der Waals surface area contributed by atoms with Crippen LogP contribution < -0.4 is 5.32 Å². The Morgan fingerprint density at radius 3 is 2.59 bits per heavy atom. The lowest BCUT2D eigenvalue weighted by atomic mass is 10.2. The molecule has 0 fully saturated rings. The molecule has 0 saturated heterocycles. The number of amides is 1. The molecule has 0 aliphatic rings. The fourth-order valence-corrected chi connectivity index (χ4v) is 4.09. The van der Waals surface area contributed by atoms with Gasteiger partial charge < -0.3 is 9.72 Å². The lowest BCUT2D eigenvalue weighted by Gasteiger charge is -2.07. The van der Waals surface area contributed by atoms with E-state index in [1.165, 1.54) is 6.33 Å². The zero-order valence-electron chi connectivity index (χ0n) is 17.1. The van der Waals surface area contributed by atoms with Gasteiger partial charge in [-0.15, -0.1) is 11.8 Å². The van der Waals surface area contributed by atoms with Crippen LogP contribution >= 0.6 is 11.8 Å². The van der Waals surface area contributed by atoms with Crippen LogP contribution in [0.2, 0.25) is 0 Å². The number of thioether (sulfide) groups is 1. The Labute approximate surface area is 189 Å². The molecule has 0 aliphatic carbocycles. The van der Waals surface area contributed by atoms with E-state index in [0.29, 0.717) is 12.1 Å². The standard InChI is InChI=1S/C24H20N6OS/c31-24(26-13-18-4-8-21(9-5-18)30-17-25-16-27-30)19-6-10-22(11-7-19)32-15-20-14-29-12-2-1-3-23(29)28-20/h1-12,14,16-17H,13,15H2,(H,26,31). The molecule has 0 aliphatic heterocycles. The zero-order valence-corrected chi connectivity index (χ0v) is 17.9. The van der Waals surface area contributed by atoms with Crippen LogP contribution in [0.15, 0.2) is 96.7 Å². The van der Waals surface area contributed by atoms with E-state index < -0.39 is 0 Å². The summed E-state index contributed by atoms with van der Waals surface area (Å²) in [5.74, 6) is 0.680. The molecule has 8 heteroatoms. The molecule has 0 atom stereocenters. The topological polar surface area (TPSA) is 77.1 Å². The summed E-state index contributed by atoms with van der Waals surface area (Å²) in [6.45, 7) is 0.459. The highest BCUT2D eigenvalue weighted by molar-refractivity contribution is 7.98. The van der Waals surface area contributed by atoms with Crippen LogP contribution in [0.25, 0.3) is 11.3 Å². The molecule has 3 heterocycles. The fourth-order valence-electron chi connectivity index (χ4n) is 3.31. The molecule has 3 aromatic heterocycles. The van der Waals surface area contributed by atoms with Crippen molar-refractivity contribution in [2.24, 2.45) is 0 Å². The number of aromatic nitrogens is 5. The van der Waals surface area contributed by atoms with Crippen molar-refractivity contribution in [3.8, 4) is 5.69 Å². The Hall–Kier alpha value is -3.91. The molecule has 32 heavy (non-hydrogen) atoms. The summed E-state index contributed by atoms with van der Waals surface area (Å²) in [5.41, 5.74) is 4.55. The van der Waals surface area contributed by atoms with Crippen molar-refractivity contribution < 1.29 is 4.79 Å². The Bertz CT molecular complexity index is 1290. The van der Waals surface area contributed by atoms with Gasteiger partial charge in [0.2, 0.25) is 0 Å². The number of nitrogens with one attached hydrogen (secondary N) is 1. The molecule has 1 N–H and O–H groups in total. The number of nitrogens with zero attached hydrogens (tertiary/aromatic N) is 5. The maximum atomic E-state index is 12.5. The van der Waals surface area contributed by atoms with E-state index in [4.69, 9.17) is 0 Å². The van der Waals surface area contributed by atoms with Crippen molar-refractivity contribution in [1.29, 1.82) is 0 Å². The van der Waals surface area contributed by atoms with Gasteiger partial charge in [0, 0.05) is 35.2 Å². The average molecular weight is 441 g/mol. The molecule has 2 aromatic carbocycles. The third-order valence-electron chi connectivity index (χ3n) is 4.99. The van der Waals surface area contributed by atoms with Gasteiger partial charge in [-0.3, -0.25) is 4.79 Å². The maximum absolute atomic E-state index is 12.5. The molecule has 5 aromatic rings. The highest BCUT2D eigenvalue weighted by Crippen LogP contribution is 2.23. The quantitative estimate of drug-likeness (QED) is 0.385. The van der Waals surface area contributed by atoms with Gasteiger partial charge in [-0.2, -0.15) is 5.10 Å². The zero-order chi connectivity index (χ0) is 21.8. The molecule has 1 amide bonds. The minimum absolute atomic E-state index is 0.0951. The second kappa shape index (κ2) is 9.07. The van der Waals surface area contributed by atoms with E-state index in [-0.39, 0.29) is 5.91 Å². The van der Waals surface area contributed by atoms with E-state index in [9.17, 15) is 4.79 Å². The third-order valence-corrected chi connectivity index (χ3v) is 6.04. The fraction of sp³-hybridized carbons (Fsp3) is 0.0833. The van der Waals surface area contributed by atoms with E-state index in [1.54, 1.807) is 22.8 Å². The van der Waals surface area contributed by atoms with Crippen LogP contribution in [0.1, 0.15) is 21.6 Å². The first-order chi connectivity index (χ1) is 15.7. The number of fused-ring (bicyclic) bond motifs is 1. The van der Waals surface area contributed by atoms with E-state index >= 15 is 0 Å². The first kappa shape index (κ1) is 20.0. The Kier molecular flexibility index (Phi) is 5.67. The summed E-state index contributed by atoms with van der Waals surface area (Å²) < 4.78 is 3.71. The van der Waals surface area contributed by atoms with Gasteiger partial charge in [0.1, 0.15) is 18.3 Å². The van der Waals surface area contributed by atoms with Crippen molar-refractivity contribution in [3.63, 3.8) is 0 Å². The van der Waals surface area contributed by atoms with Gasteiger partial charge in [-0.1, -0.05) is 18.2 Å². The Morgan fingerprint density at radius 1 is 1.00 bits per heavy atom. The Balaban J connectivity index is 1.14. The molecule has 158 valence electrons. The molecule has 0 spiro atoms. The van der Waals surface area contributed by atoms with Gasteiger partial charge >= 0.3 is 0 Å². The number of carbonyl (C=O) groups is 1. The van der Waals surface area contributed by atoms with Crippen LogP contribution in [0, 0.1) is 0 Å². The number of carbonyl (C=O) groups excluding carboxylic acids is 1. The predicted octanol–water partition coefficient (Wildman–Crippen LogP) is 4.14. The minimum Gasteiger partial charge on any atom is -0.348 e. The Morgan fingerprint density at radius 2 is 1.84 bits per heavy atom. The summed E-state index contributed by atoms with van der Waals surface area (Å²) in [5, 5.41) is 7.08. The van der Waals surface area contributed by atoms with Crippen molar-refractivity contribution in [2.45, 2.75) is 17.2 Å². The lowest BCUT2D eigenvalue weighted by molar-refractivity contribution is 0.0951. The smallest absolute Gasteiger partial charge is 0.251 e. The van der Waals surface area contributed by atoms with Crippen molar-refractivity contribution in [3.05, 3.63) is 109 Å². The predicted molar refractivity (Wildman–Crippen MR) is 124 cm³/mol. The van der Waals surface area contributed by atoms with E-state index in [1.807, 2.05) is 83.5 Å². The molecule has 5 rings (SSSR count). The first-order valence-electron chi connectivity index (χ1n) is 10.1. The van der Waals surface area contributed by atoms with Crippen LogP contribution in [-0.2, 0) is 12.3 Å². The van der Waals surface area contributed by atoms with Crippen molar-refractivity contribution in [2.75, 3.05) is 0 Å². The van der Waals surface area contributed by atoms with Gasteiger partial charge in [-0.05, 0) is 54.1 Å². The second-order valence-corrected chi connectivity index (χ2v) is 8.25. The summed E-state index contributed by atoms with van der Waals surface area (Å²) >= 11 is 1.70. The summed E-state index contributed by atoms with van der Waals surface area (Å²) in [6.07, 6.45) is 7.19. The number of rotatable bonds is 7. The molecule has 0 bridgehead atoms. The van der Waals surface area contributed by atoms with Crippen LogP contribution in [-0.4, -0.2) is 30.1 Å². The summed E-state index contributed by atoms with van der Waals surface area (Å²) in [6, 6.07) is 21.5. The van der Waals surface area contributed by atoms with Gasteiger partial charge in [0.25, 0.3) is 5.91 Å². The van der Waals surface area contributed by atoms with E-state index in [0.717, 1.165) is 33.2 Å². The molecular formula is C24H20N6OS. The first-order valence-corrected chi connectivity index (χ1v) is 11.1. The maximum Gasteiger partial charge on any atom is 0.251 e. The molecule has 0 radical (unpaired) electrons. The molecular weight excluding hydrogens is 420 g/mol. The monoisotopic (exact) mass is 440 g/mol. The largest absolute Gasteiger partial charge is 0.348 e. The van der Waals surface area contributed by atoms with Crippen LogP contribution in [0.4, 0.5) is 0 Å². The van der Waals surface area contributed by atoms with Gasteiger partial charge in [0.15, 0.2) is 0 Å². The summed E-state index contributed by atoms with van der Waals surface area (Å²) in [4.78, 5) is 22.2. The highest BCUT2D eigenvalue weighted by Gasteiger charge is 2.07.